The van der Waals surface area contributed by atoms with Gasteiger partial charge in [-0.3, -0.25) is 4.79 Å². The van der Waals surface area contributed by atoms with Crippen molar-refractivity contribution in [2.24, 2.45) is 0 Å². The topological polar surface area (TPSA) is 41.1 Å². The largest absolute Gasteiger partial charge is 0.350 e. The quantitative estimate of drug-likeness (QED) is 0.669. The molecule has 0 aromatic carbocycles. The first-order chi connectivity index (χ1) is 6.33. The molecule has 0 aromatic rings. The predicted octanol–water partition coefficient (Wildman–Crippen LogP) is 1.43. The van der Waals surface area contributed by atoms with Crippen LogP contribution in [0.15, 0.2) is 0 Å². The van der Waals surface area contributed by atoms with Crippen molar-refractivity contribution in [2.75, 3.05) is 6.54 Å². The smallest absolute Gasteiger partial charge is 0.240 e. The summed E-state index contributed by atoms with van der Waals surface area (Å²) in [6.07, 6.45) is 3.26. The van der Waals surface area contributed by atoms with Gasteiger partial charge < -0.3 is 10.6 Å². The van der Waals surface area contributed by atoms with Crippen molar-refractivity contribution in [3.05, 3.63) is 0 Å². The summed E-state index contributed by atoms with van der Waals surface area (Å²) < 4.78 is 0. The van der Waals surface area contributed by atoms with Gasteiger partial charge in [0.25, 0.3) is 0 Å². The van der Waals surface area contributed by atoms with E-state index in [4.69, 9.17) is 0 Å². The SMILES string of the molecule is CC(C)(C)NC(=O)C1(C)CCCCN1. The number of nitrogens with one attached hydrogen (secondary N) is 2. The van der Waals surface area contributed by atoms with E-state index in [0.717, 1.165) is 19.4 Å². The maximum Gasteiger partial charge on any atom is 0.240 e. The lowest BCUT2D eigenvalue weighted by Gasteiger charge is -2.36. The van der Waals surface area contributed by atoms with E-state index in [1.807, 2.05) is 27.7 Å². The Kier molecular flexibility index (Phi) is 3.20. The molecule has 14 heavy (non-hydrogen) atoms. The molecule has 1 atom stereocenters. The van der Waals surface area contributed by atoms with Crippen molar-refractivity contribution >= 4 is 5.91 Å². The van der Waals surface area contributed by atoms with Gasteiger partial charge in [0.1, 0.15) is 0 Å². The van der Waals surface area contributed by atoms with Crippen LogP contribution < -0.4 is 10.6 Å². The lowest BCUT2D eigenvalue weighted by molar-refractivity contribution is -0.129. The third-order valence-corrected chi connectivity index (χ3v) is 2.61. The molecule has 82 valence electrons. The Labute approximate surface area is 86.6 Å². The van der Waals surface area contributed by atoms with Crippen LogP contribution in [0.3, 0.4) is 0 Å². The van der Waals surface area contributed by atoms with Crippen LogP contribution in [0.1, 0.15) is 47.0 Å². The van der Waals surface area contributed by atoms with Crippen molar-refractivity contribution in [2.45, 2.75) is 58.0 Å². The van der Waals surface area contributed by atoms with Gasteiger partial charge in [-0.25, -0.2) is 0 Å². The third-order valence-electron chi connectivity index (χ3n) is 2.61. The van der Waals surface area contributed by atoms with E-state index < -0.39 is 0 Å². The summed E-state index contributed by atoms with van der Waals surface area (Å²) in [4.78, 5) is 12.0. The van der Waals surface area contributed by atoms with E-state index in [1.54, 1.807) is 0 Å². The van der Waals surface area contributed by atoms with Gasteiger partial charge >= 0.3 is 0 Å². The van der Waals surface area contributed by atoms with E-state index in [-0.39, 0.29) is 17.0 Å². The summed E-state index contributed by atoms with van der Waals surface area (Å²) in [6.45, 7) is 8.98. The highest BCUT2D eigenvalue weighted by Crippen LogP contribution is 2.19. The van der Waals surface area contributed by atoms with Crippen molar-refractivity contribution < 1.29 is 4.79 Å². The van der Waals surface area contributed by atoms with Gasteiger partial charge in [-0.1, -0.05) is 0 Å². The third kappa shape index (κ3) is 2.98. The highest BCUT2D eigenvalue weighted by atomic mass is 16.2. The first-order valence-electron chi connectivity index (χ1n) is 5.41. The maximum atomic E-state index is 12.0. The van der Waals surface area contributed by atoms with Gasteiger partial charge in [-0.05, 0) is 53.5 Å². The van der Waals surface area contributed by atoms with Crippen LogP contribution in [0.25, 0.3) is 0 Å². The minimum atomic E-state index is -0.356. The number of carbonyl (C=O) groups excluding carboxylic acids is 1. The number of hydrogen-bond acceptors (Lipinski definition) is 2. The Balaban J connectivity index is 2.58. The lowest BCUT2D eigenvalue weighted by atomic mass is 9.89. The first-order valence-corrected chi connectivity index (χ1v) is 5.41. The highest BCUT2D eigenvalue weighted by molar-refractivity contribution is 5.86. The van der Waals surface area contributed by atoms with Gasteiger partial charge in [0.2, 0.25) is 5.91 Å². The molecule has 0 radical (unpaired) electrons. The molecular formula is C11H22N2O. The van der Waals surface area contributed by atoms with E-state index >= 15 is 0 Å². The van der Waals surface area contributed by atoms with Gasteiger partial charge in [0.05, 0.1) is 5.54 Å². The molecule has 1 fully saturated rings. The maximum absolute atomic E-state index is 12.0. The van der Waals surface area contributed by atoms with Crippen LogP contribution in [0.2, 0.25) is 0 Å². The summed E-state index contributed by atoms with van der Waals surface area (Å²) in [5.74, 6) is 0.129. The summed E-state index contributed by atoms with van der Waals surface area (Å²) >= 11 is 0. The molecule has 1 rings (SSSR count). The molecule has 1 heterocycles. The molecule has 0 aliphatic carbocycles. The molecule has 0 aromatic heterocycles. The number of hydrogen-bond donors (Lipinski definition) is 2. The monoisotopic (exact) mass is 198 g/mol. The molecule has 3 heteroatoms. The van der Waals surface area contributed by atoms with Crippen LogP contribution in [-0.4, -0.2) is 23.5 Å². The van der Waals surface area contributed by atoms with Crippen molar-refractivity contribution in [3.8, 4) is 0 Å². The number of carbonyl (C=O) groups is 1. The molecule has 3 nitrogen and oxygen atoms in total. The summed E-state index contributed by atoms with van der Waals surface area (Å²) in [7, 11) is 0. The second-order valence-electron chi connectivity index (χ2n) is 5.42. The average Bonchev–Trinajstić information content (AvgIpc) is 2.02. The van der Waals surface area contributed by atoms with Crippen LogP contribution in [0.4, 0.5) is 0 Å². The fourth-order valence-corrected chi connectivity index (χ4v) is 1.73. The normalized spacial score (nSPS) is 28.6. The Bertz CT molecular complexity index is 212. The van der Waals surface area contributed by atoms with Crippen molar-refractivity contribution in [1.29, 1.82) is 0 Å². The van der Waals surface area contributed by atoms with Gasteiger partial charge in [0.15, 0.2) is 0 Å². The predicted molar refractivity (Wildman–Crippen MR) is 58.2 cm³/mol. The zero-order chi connectivity index (χ0) is 10.8. The Morgan fingerprint density at radius 3 is 2.43 bits per heavy atom. The lowest BCUT2D eigenvalue weighted by Crippen LogP contribution is -2.60. The van der Waals surface area contributed by atoms with Crippen molar-refractivity contribution in [3.63, 3.8) is 0 Å². The molecule has 2 N–H and O–H groups in total. The van der Waals surface area contributed by atoms with Crippen LogP contribution in [0, 0.1) is 0 Å². The van der Waals surface area contributed by atoms with Crippen LogP contribution in [0.5, 0.6) is 0 Å². The molecule has 1 aliphatic rings. The second-order valence-corrected chi connectivity index (χ2v) is 5.42. The fourth-order valence-electron chi connectivity index (χ4n) is 1.73. The fraction of sp³-hybridized carbons (Fsp3) is 0.909. The molecular weight excluding hydrogens is 176 g/mol. The van der Waals surface area contributed by atoms with E-state index in [1.165, 1.54) is 6.42 Å². The Morgan fingerprint density at radius 1 is 1.36 bits per heavy atom. The molecule has 0 spiro atoms. The van der Waals surface area contributed by atoms with Crippen LogP contribution >= 0.6 is 0 Å². The van der Waals surface area contributed by atoms with Gasteiger partial charge in [0, 0.05) is 5.54 Å². The molecule has 1 saturated heterocycles. The standard InChI is InChI=1S/C11H22N2O/c1-10(2,3)13-9(14)11(4)7-5-6-8-12-11/h12H,5-8H2,1-4H3,(H,13,14). The van der Waals surface area contributed by atoms with Gasteiger partial charge in [-0.15, -0.1) is 0 Å². The summed E-state index contributed by atoms with van der Waals surface area (Å²) in [5, 5.41) is 6.33. The molecule has 1 unspecified atom stereocenters. The molecule has 1 aliphatic heterocycles. The second kappa shape index (κ2) is 3.89. The molecule has 0 saturated carbocycles. The highest BCUT2D eigenvalue weighted by Gasteiger charge is 2.35. The zero-order valence-electron chi connectivity index (χ0n) is 9.74. The molecule has 1 amide bonds. The van der Waals surface area contributed by atoms with E-state index in [0.29, 0.717) is 0 Å². The van der Waals surface area contributed by atoms with E-state index in [9.17, 15) is 4.79 Å². The summed E-state index contributed by atoms with van der Waals surface area (Å²) in [6, 6.07) is 0. The number of piperidine rings is 1. The Morgan fingerprint density at radius 2 is 2.00 bits per heavy atom. The number of rotatable bonds is 1. The Hall–Kier alpha value is -0.570. The summed E-state index contributed by atoms with van der Waals surface area (Å²) in [5.41, 5.74) is -0.495. The number of amides is 1. The van der Waals surface area contributed by atoms with Crippen LogP contribution in [-0.2, 0) is 4.79 Å². The zero-order valence-corrected chi connectivity index (χ0v) is 9.74. The van der Waals surface area contributed by atoms with Gasteiger partial charge in [-0.2, -0.15) is 0 Å². The minimum Gasteiger partial charge on any atom is -0.350 e. The van der Waals surface area contributed by atoms with E-state index in [2.05, 4.69) is 10.6 Å². The minimum absolute atomic E-state index is 0.129. The first kappa shape index (κ1) is 11.5. The molecule has 0 bridgehead atoms. The average molecular weight is 198 g/mol. The van der Waals surface area contributed by atoms with Crippen molar-refractivity contribution in [1.82, 2.24) is 10.6 Å².